The van der Waals surface area contributed by atoms with Gasteiger partial charge in [0, 0.05) is 66.8 Å². The molecule has 0 radical (unpaired) electrons. The molecule has 5 rings (SSSR count). The zero-order valence-corrected chi connectivity index (χ0v) is 65.9. The highest BCUT2D eigenvalue weighted by atomic mass is 28.3. The molecule has 5 aromatic carbocycles. The molecule has 9 nitrogen and oxygen atoms in total. The van der Waals surface area contributed by atoms with Gasteiger partial charge in [0.05, 0.1) is 0 Å². The molecule has 9 N–H and O–H groups in total. The van der Waals surface area contributed by atoms with E-state index in [-0.39, 0.29) is 41.0 Å². The number of terminal acetylenes is 1. The van der Waals surface area contributed by atoms with Crippen LogP contribution in [-0.2, 0) is 39.2 Å². The Labute approximate surface area is 683 Å². The fourth-order valence-electron chi connectivity index (χ4n) is 9.02. The van der Waals surface area contributed by atoms with Gasteiger partial charge in [0.15, 0.2) is 0 Å². The minimum absolute atomic E-state index is 0.0950. The predicted octanol–water partition coefficient (Wildman–Crippen LogP) is 20.3. The fourth-order valence-corrected chi connectivity index (χ4v) is 10.1. The minimum atomic E-state index is -6.67. The summed E-state index contributed by atoms with van der Waals surface area (Å²) in [5, 5.41) is 84.0. The lowest BCUT2D eigenvalue weighted by Gasteiger charge is -2.36. The second-order valence-corrected chi connectivity index (χ2v) is 38.5. The highest BCUT2D eigenvalue weighted by molar-refractivity contribution is 6.84. The van der Waals surface area contributed by atoms with Crippen LogP contribution in [0.1, 0.15) is 94.5 Å². The predicted molar refractivity (Wildman–Crippen MR) is 359 cm³/mol. The van der Waals surface area contributed by atoms with E-state index in [0.717, 1.165) is 50.2 Å². The Morgan fingerprint density at radius 2 is 0.349 bits per heavy atom. The zero-order valence-electron chi connectivity index (χ0n) is 63.9. The van der Waals surface area contributed by atoms with Gasteiger partial charge in [-0.1, -0.05) is 117 Å². The third-order valence-electron chi connectivity index (χ3n) is 15.5. The molecule has 0 amide bonds. The van der Waals surface area contributed by atoms with Crippen molar-refractivity contribution in [2.45, 2.75) is 204 Å². The van der Waals surface area contributed by atoms with Crippen molar-refractivity contribution < 1.29 is 230 Å². The lowest BCUT2D eigenvalue weighted by Crippen LogP contribution is -2.55. The van der Waals surface area contributed by atoms with Crippen molar-refractivity contribution >= 4 is 16.1 Å². The van der Waals surface area contributed by atoms with E-state index in [9.17, 15) is 225 Å². The number of rotatable bonds is 7. The smallest absolute Gasteiger partial charge is 0.378 e. The van der Waals surface area contributed by atoms with Crippen LogP contribution in [0.2, 0.25) is 39.3 Å². The third-order valence-corrected chi connectivity index (χ3v) is 17.3. The van der Waals surface area contributed by atoms with Gasteiger partial charge in [-0.3, -0.25) is 0 Å². The van der Waals surface area contributed by atoms with E-state index < -0.39 is 215 Å². The largest absolute Gasteiger partial charge is 0.430 e. The number of alkyl halides is 42. The topological polar surface area (TPSA) is 182 Å². The molecule has 0 aliphatic heterocycles. The van der Waals surface area contributed by atoms with Crippen molar-refractivity contribution in [2.24, 2.45) is 0 Å². The summed E-state index contributed by atoms with van der Waals surface area (Å²) < 4.78 is 543. The summed E-state index contributed by atoms with van der Waals surface area (Å²) in [5.41, 5.74) is -52.3. The van der Waals surface area contributed by atoms with E-state index >= 15 is 0 Å². The molecule has 0 unspecified atom stereocenters. The molecule has 0 bridgehead atoms. The average molecular weight is 1930 g/mol. The number of halogens is 42. The van der Waals surface area contributed by atoms with Gasteiger partial charge in [0.25, 0.3) is 39.2 Å². The molecule has 0 spiro atoms. The average Bonchev–Trinajstić information content (AvgIpc) is 0.734. The van der Waals surface area contributed by atoms with E-state index in [1.165, 1.54) is 33.5 Å². The van der Waals surface area contributed by atoms with Gasteiger partial charge in [-0.25, -0.2) is 0 Å². The molecule has 0 saturated carbocycles. The molecule has 126 heavy (non-hydrogen) atoms. The van der Waals surface area contributed by atoms with Gasteiger partial charge in [-0.15, -0.1) is 17.5 Å². The Kier molecular flexibility index (Phi) is 33.7. The molecule has 0 saturated heterocycles. The van der Waals surface area contributed by atoms with E-state index in [1.54, 1.807) is 11.8 Å². The molecule has 5 aromatic rings. The quantitative estimate of drug-likeness (QED) is 0.0435. The molecule has 706 valence electrons. The Morgan fingerprint density at radius 1 is 0.206 bits per heavy atom. The molecule has 53 heteroatoms. The van der Waals surface area contributed by atoms with Crippen molar-refractivity contribution in [3.05, 3.63) is 176 Å². The normalized spacial score (nSPS) is 14.1. The first kappa shape index (κ1) is 115. The summed E-state index contributed by atoms with van der Waals surface area (Å²) in [6, 6.07) is 6.24. The van der Waals surface area contributed by atoms with Gasteiger partial charge < -0.3 is 46.0 Å². The van der Waals surface area contributed by atoms with Crippen molar-refractivity contribution in [3.63, 3.8) is 0 Å². The SMILES string of the molecule is C#Cc1ccc(C(O)(C(F)(F)F)C(F)(F)F)cc1.CC(C)(O)C#Cc1cc(C(O)(C(F)(F)F)C(F)(F)F)cc(C(O)(C(F)(F)F)C(F)(F)F)c1.CC(C)(O)C#Cc1ccc(C(O)(C(F)(F)F)C(F)(F)F)cc1.C[Si](C)(C)C#Cc1cc(C(O)(C(F)(F)F)C(F)(F)F)cc(C(O)(C(F)(F)F)C(F)(F)F)c1.C[Si](C)(C)C#Cc1ccc(C(O)(C(F)(F)F)C(F)(F)F)cc1. The first-order chi connectivity index (χ1) is 55.0. The molecular formula is C73H58F42O9Si2. The van der Waals surface area contributed by atoms with Crippen molar-refractivity contribution in [1.82, 2.24) is 0 Å². The standard InChI is InChI=1S/C17H12F12O3.C17H14F12O2Si.C14H12F6O2.C14H14F6OSi.C11H6F6O/c1-11(2,30)4-3-8-5-9(12(31,14(18,19)20)15(21,22)23)7-10(6-8)13(32,16(24,25)26)17(27,28)29;1-32(2,3)5-4-9-6-10(12(30,14(18,19)20)15(21,22)23)8-11(7-9)13(31,16(24,25)26)17(27,28)29;1-11(2,21)8-7-9-3-5-10(6-4-9)12(22,13(15,16)17)14(18,19)20;1-22(2,3)9-8-10-4-6-11(7-5-10)12(21,13(15,16)17)14(18,19)20;1-2-7-3-5-8(6-4-7)9(18,10(12,13)14)11(15,16)17/h5-7,30-32H,1-2H3;6-8,30-31H,1-3H3;3-6,21-22H,1-2H3;4-7,21H,1-3H3;1,3-6,18H. The van der Waals surface area contributed by atoms with Crippen LogP contribution in [0.4, 0.5) is 184 Å². The zero-order chi connectivity index (χ0) is 101. The highest BCUT2D eigenvalue weighted by Crippen LogP contribution is 2.59. The van der Waals surface area contributed by atoms with Crippen LogP contribution in [0.15, 0.2) is 109 Å². The highest BCUT2D eigenvalue weighted by Gasteiger charge is 2.78. The maximum atomic E-state index is 13.2. The van der Waals surface area contributed by atoms with E-state index in [4.69, 9.17) is 11.5 Å². The number of benzene rings is 5. The lowest BCUT2D eigenvalue weighted by atomic mass is 9.84. The molecule has 0 heterocycles. The van der Waals surface area contributed by atoms with Gasteiger partial charge in [-0.05, 0) is 100 Å². The van der Waals surface area contributed by atoms with E-state index in [0.29, 0.717) is 36.4 Å². The first-order valence-electron chi connectivity index (χ1n) is 32.7. The van der Waals surface area contributed by atoms with Crippen molar-refractivity contribution in [3.8, 4) is 59.0 Å². The van der Waals surface area contributed by atoms with Crippen LogP contribution >= 0.6 is 0 Å². The summed E-state index contributed by atoms with van der Waals surface area (Å²) in [6.07, 6.45) is -83.6. The van der Waals surface area contributed by atoms with Crippen LogP contribution in [-0.4, -0.2) is 160 Å². The summed E-state index contributed by atoms with van der Waals surface area (Å²) >= 11 is 0. The second kappa shape index (κ2) is 36.9. The summed E-state index contributed by atoms with van der Waals surface area (Å²) in [7, 11) is -4.21. The third kappa shape index (κ3) is 26.2. The maximum Gasteiger partial charge on any atom is 0.430 e. The van der Waals surface area contributed by atoms with Crippen molar-refractivity contribution in [1.29, 1.82) is 0 Å². The number of aliphatic hydroxyl groups is 9. The lowest BCUT2D eigenvalue weighted by molar-refractivity contribution is -0.379. The Balaban J connectivity index is 0.000000800. The number of hydrogen-bond acceptors (Lipinski definition) is 9. The van der Waals surface area contributed by atoms with E-state index in [2.05, 4.69) is 28.8 Å². The number of hydrogen-bond donors (Lipinski definition) is 9. The first-order valence-corrected chi connectivity index (χ1v) is 39.7. The fraction of sp³-hybridized carbons (Fsp3) is 0.452. The summed E-state index contributed by atoms with van der Waals surface area (Å²) in [6.45, 7) is 14.9. The molecule has 0 fully saturated rings. The summed E-state index contributed by atoms with van der Waals surface area (Å²) in [5.74, 6) is 14.8. The molecule has 0 atom stereocenters. The molecule has 0 aromatic heterocycles. The Morgan fingerprint density at radius 3 is 0.508 bits per heavy atom. The van der Waals surface area contributed by atoms with Crippen LogP contribution in [0.3, 0.4) is 0 Å². The molecule has 0 aliphatic rings. The maximum absolute atomic E-state index is 13.2. The van der Waals surface area contributed by atoms with Gasteiger partial charge in [0.2, 0.25) is 0 Å². The molecular weight excluding hydrogens is 1870 g/mol. The minimum Gasteiger partial charge on any atom is -0.378 e. The van der Waals surface area contributed by atoms with E-state index in [1.807, 2.05) is 31.5 Å². The Hall–Kier alpha value is -8.97. The molecule has 0 aliphatic carbocycles. The van der Waals surface area contributed by atoms with Crippen LogP contribution in [0.5, 0.6) is 0 Å². The van der Waals surface area contributed by atoms with Crippen LogP contribution in [0.25, 0.3) is 0 Å². The second-order valence-electron chi connectivity index (χ2n) is 29.0. The van der Waals surface area contributed by atoms with Gasteiger partial charge in [-0.2, -0.15) is 184 Å². The van der Waals surface area contributed by atoms with Crippen LogP contribution in [0, 0.1) is 59.0 Å². The monoisotopic (exact) mass is 1930 g/mol. The van der Waals surface area contributed by atoms with Crippen LogP contribution < -0.4 is 0 Å². The van der Waals surface area contributed by atoms with Gasteiger partial charge >= 0.3 is 86.5 Å². The van der Waals surface area contributed by atoms with Gasteiger partial charge in [0.1, 0.15) is 27.3 Å². The Bertz CT molecular complexity index is 4380. The summed E-state index contributed by atoms with van der Waals surface area (Å²) in [4.78, 5) is 0. The van der Waals surface area contributed by atoms with Crippen molar-refractivity contribution in [2.75, 3.05) is 0 Å².